The Morgan fingerprint density at radius 3 is 2.46 bits per heavy atom. The largest absolute Gasteiger partial charge is 0.462 e. The zero-order chi connectivity index (χ0) is 19.5. The van der Waals surface area contributed by atoms with Crippen LogP contribution in [0.1, 0.15) is 22.5 Å². The first-order valence-electron chi connectivity index (χ1n) is 8.63. The Morgan fingerprint density at radius 1 is 1.00 bits per heavy atom. The molecule has 1 fully saturated rings. The van der Waals surface area contributed by atoms with Gasteiger partial charge in [0, 0.05) is 11.6 Å². The molecule has 0 unspecified atom stereocenters. The second-order valence-electron chi connectivity index (χ2n) is 6.20. The smallest absolute Gasteiger partial charge is 0.327 e. The minimum Gasteiger partial charge on any atom is -0.462 e. The molecule has 0 saturated heterocycles. The third-order valence-electron chi connectivity index (χ3n) is 4.02. The van der Waals surface area contributed by atoms with E-state index < -0.39 is 17.7 Å². The maximum absolute atomic E-state index is 12.7. The lowest BCUT2D eigenvalue weighted by atomic mass is 10.1. The molecule has 3 N–H and O–H groups in total. The van der Waals surface area contributed by atoms with E-state index in [1.807, 2.05) is 30.3 Å². The van der Waals surface area contributed by atoms with Crippen LogP contribution < -0.4 is 16.2 Å². The van der Waals surface area contributed by atoms with E-state index in [1.54, 1.807) is 12.1 Å². The van der Waals surface area contributed by atoms with Gasteiger partial charge in [0.2, 0.25) is 0 Å². The van der Waals surface area contributed by atoms with Gasteiger partial charge in [-0.05, 0) is 25.0 Å². The lowest BCUT2D eigenvalue weighted by Crippen LogP contribution is -2.48. The first kappa shape index (κ1) is 17.9. The van der Waals surface area contributed by atoms with Gasteiger partial charge in [-0.25, -0.2) is 4.98 Å². The fourth-order valence-electron chi connectivity index (χ4n) is 2.48. The fourth-order valence-corrected chi connectivity index (χ4v) is 3.43. The molecule has 28 heavy (non-hydrogen) atoms. The highest BCUT2D eigenvalue weighted by atomic mass is 32.1. The standard InChI is InChI=1S/C19H16N4O4S/c24-16(22-23-18(26)17(25)20-12-8-9-12)15-14(11-5-2-1-3-6-11)21-19(28-15)13-7-4-10-27-13/h1-7,10,12H,8-9H2,(H,20,25)(H,22,24)(H,23,26). The van der Waals surface area contributed by atoms with Crippen molar-refractivity contribution in [2.75, 3.05) is 0 Å². The van der Waals surface area contributed by atoms with Crippen molar-refractivity contribution in [3.05, 3.63) is 53.6 Å². The van der Waals surface area contributed by atoms with Gasteiger partial charge in [0.05, 0.1) is 12.0 Å². The molecule has 0 spiro atoms. The molecule has 1 saturated carbocycles. The third kappa shape index (κ3) is 3.94. The van der Waals surface area contributed by atoms with Gasteiger partial charge in [0.25, 0.3) is 5.91 Å². The molecule has 1 aromatic carbocycles. The van der Waals surface area contributed by atoms with Crippen LogP contribution in [0.15, 0.2) is 53.1 Å². The molecule has 142 valence electrons. The van der Waals surface area contributed by atoms with Gasteiger partial charge >= 0.3 is 11.8 Å². The fraction of sp³-hybridized carbons (Fsp3) is 0.158. The van der Waals surface area contributed by atoms with Gasteiger partial charge in [0.15, 0.2) is 10.8 Å². The van der Waals surface area contributed by atoms with Crippen LogP contribution in [0.3, 0.4) is 0 Å². The average Bonchev–Trinajstić information content (AvgIpc) is 3.20. The molecular weight excluding hydrogens is 380 g/mol. The van der Waals surface area contributed by atoms with Crippen molar-refractivity contribution in [3.8, 4) is 22.0 Å². The highest BCUT2D eigenvalue weighted by molar-refractivity contribution is 7.17. The van der Waals surface area contributed by atoms with Crippen LogP contribution in [0.5, 0.6) is 0 Å². The Bertz CT molecular complexity index is 1010. The Kier molecular flexibility index (Phi) is 4.90. The molecule has 0 radical (unpaired) electrons. The van der Waals surface area contributed by atoms with Gasteiger partial charge < -0.3 is 9.73 Å². The molecule has 2 heterocycles. The van der Waals surface area contributed by atoms with Crippen LogP contribution in [0, 0.1) is 0 Å². The van der Waals surface area contributed by atoms with E-state index in [0.29, 0.717) is 21.3 Å². The van der Waals surface area contributed by atoms with Gasteiger partial charge in [-0.3, -0.25) is 25.2 Å². The van der Waals surface area contributed by atoms with Crippen LogP contribution in [0.2, 0.25) is 0 Å². The normalized spacial score (nSPS) is 13.0. The summed E-state index contributed by atoms with van der Waals surface area (Å²) in [7, 11) is 0. The Hall–Kier alpha value is -3.46. The summed E-state index contributed by atoms with van der Waals surface area (Å²) < 4.78 is 5.37. The minimum absolute atomic E-state index is 0.0518. The van der Waals surface area contributed by atoms with Crippen LogP contribution >= 0.6 is 11.3 Å². The van der Waals surface area contributed by atoms with Crippen molar-refractivity contribution in [2.45, 2.75) is 18.9 Å². The number of nitrogens with zero attached hydrogens (tertiary/aromatic N) is 1. The number of furan rings is 1. The number of amides is 3. The Labute approximate surface area is 163 Å². The number of benzene rings is 1. The second-order valence-corrected chi connectivity index (χ2v) is 7.20. The Morgan fingerprint density at radius 2 is 1.79 bits per heavy atom. The molecule has 0 bridgehead atoms. The number of carbonyl (C=O) groups is 3. The monoisotopic (exact) mass is 396 g/mol. The molecular formula is C19H16N4O4S. The number of nitrogens with one attached hydrogen (secondary N) is 3. The van der Waals surface area contributed by atoms with Crippen molar-refractivity contribution in [3.63, 3.8) is 0 Å². The lowest BCUT2D eigenvalue weighted by Gasteiger charge is -2.07. The van der Waals surface area contributed by atoms with E-state index in [-0.39, 0.29) is 6.04 Å². The van der Waals surface area contributed by atoms with Crippen molar-refractivity contribution in [1.29, 1.82) is 0 Å². The number of thiazole rings is 1. The predicted molar refractivity (Wildman–Crippen MR) is 102 cm³/mol. The zero-order valence-corrected chi connectivity index (χ0v) is 15.4. The molecule has 0 aliphatic heterocycles. The number of aromatic nitrogens is 1. The topological polar surface area (TPSA) is 113 Å². The second kappa shape index (κ2) is 7.65. The number of hydrogen-bond acceptors (Lipinski definition) is 6. The first-order chi connectivity index (χ1) is 13.6. The van der Waals surface area contributed by atoms with E-state index in [2.05, 4.69) is 21.2 Å². The highest BCUT2D eigenvalue weighted by Gasteiger charge is 2.27. The van der Waals surface area contributed by atoms with Crippen molar-refractivity contribution in [1.82, 2.24) is 21.2 Å². The van der Waals surface area contributed by atoms with Gasteiger partial charge in [-0.15, -0.1) is 11.3 Å². The summed E-state index contributed by atoms with van der Waals surface area (Å²) in [5.74, 6) is -1.72. The Balaban J connectivity index is 1.54. The average molecular weight is 396 g/mol. The number of hydrazine groups is 1. The molecule has 4 rings (SSSR count). The number of hydrogen-bond donors (Lipinski definition) is 3. The molecule has 3 aromatic rings. The predicted octanol–water partition coefficient (Wildman–Crippen LogP) is 2.11. The van der Waals surface area contributed by atoms with Crippen molar-refractivity contribution < 1.29 is 18.8 Å². The summed E-state index contributed by atoms with van der Waals surface area (Å²) in [4.78, 5) is 41.0. The number of rotatable bonds is 4. The van der Waals surface area contributed by atoms with Crippen LogP contribution in [-0.4, -0.2) is 28.7 Å². The van der Waals surface area contributed by atoms with Gasteiger partial charge in [-0.1, -0.05) is 30.3 Å². The van der Waals surface area contributed by atoms with Gasteiger partial charge in [-0.2, -0.15) is 0 Å². The maximum Gasteiger partial charge on any atom is 0.327 e. The summed E-state index contributed by atoms with van der Waals surface area (Å²) in [5.41, 5.74) is 5.64. The molecule has 9 heteroatoms. The summed E-state index contributed by atoms with van der Waals surface area (Å²) >= 11 is 1.13. The molecule has 1 aliphatic carbocycles. The van der Waals surface area contributed by atoms with E-state index in [1.165, 1.54) is 6.26 Å². The molecule has 0 atom stereocenters. The van der Waals surface area contributed by atoms with E-state index in [4.69, 9.17) is 4.42 Å². The van der Waals surface area contributed by atoms with E-state index >= 15 is 0 Å². The quantitative estimate of drug-likeness (QED) is 0.462. The SMILES string of the molecule is O=C(NNC(=O)c1sc(-c2ccco2)nc1-c1ccccc1)C(=O)NC1CC1. The van der Waals surface area contributed by atoms with Crippen LogP contribution in [0.4, 0.5) is 0 Å². The van der Waals surface area contributed by atoms with Crippen LogP contribution in [0.25, 0.3) is 22.0 Å². The minimum atomic E-state index is -0.919. The molecule has 3 amide bonds. The lowest BCUT2D eigenvalue weighted by molar-refractivity contribution is -0.139. The van der Waals surface area contributed by atoms with Crippen molar-refractivity contribution in [2.24, 2.45) is 0 Å². The van der Waals surface area contributed by atoms with Gasteiger partial charge in [0.1, 0.15) is 4.88 Å². The maximum atomic E-state index is 12.7. The summed E-state index contributed by atoms with van der Waals surface area (Å²) in [6, 6.07) is 12.7. The molecule has 2 aromatic heterocycles. The molecule has 1 aliphatic rings. The van der Waals surface area contributed by atoms with Crippen molar-refractivity contribution >= 4 is 29.1 Å². The first-order valence-corrected chi connectivity index (χ1v) is 9.45. The summed E-state index contributed by atoms with van der Waals surface area (Å²) in [6.45, 7) is 0. The zero-order valence-electron chi connectivity index (χ0n) is 14.6. The van der Waals surface area contributed by atoms with E-state index in [0.717, 1.165) is 29.7 Å². The van der Waals surface area contributed by atoms with Crippen LogP contribution in [-0.2, 0) is 9.59 Å². The third-order valence-corrected chi connectivity index (χ3v) is 5.09. The molecule has 8 nitrogen and oxygen atoms in total. The summed E-state index contributed by atoms with van der Waals surface area (Å²) in [5, 5.41) is 3.09. The summed E-state index contributed by atoms with van der Waals surface area (Å²) in [6.07, 6.45) is 3.25. The highest BCUT2D eigenvalue weighted by Crippen LogP contribution is 2.33. The van der Waals surface area contributed by atoms with E-state index in [9.17, 15) is 14.4 Å². The number of carbonyl (C=O) groups excluding carboxylic acids is 3.